The van der Waals surface area contributed by atoms with Crippen LogP contribution in [0.3, 0.4) is 0 Å². The van der Waals surface area contributed by atoms with Gasteiger partial charge in [-0.2, -0.15) is 0 Å². The maximum absolute atomic E-state index is 12.0. The summed E-state index contributed by atoms with van der Waals surface area (Å²) in [5.41, 5.74) is 5.44. The molecule has 0 aliphatic carbocycles. The maximum Gasteiger partial charge on any atom is 0.221 e. The molecule has 0 amide bonds. The second-order valence-corrected chi connectivity index (χ2v) is 7.04. The molecule has 0 saturated heterocycles. The van der Waals surface area contributed by atoms with Crippen molar-refractivity contribution in [2.45, 2.75) is 31.6 Å². The van der Waals surface area contributed by atoms with E-state index in [0.717, 1.165) is 4.88 Å². The van der Waals surface area contributed by atoms with Crippen LogP contribution in [-0.4, -0.2) is 18.7 Å². The number of nitrogens with two attached hydrogens (primary N) is 1. The molecule has 0 saturated carbocycles. The molecule has 0 aliphatic rings. The molecule has 0 bridgehead atoms. The Bertz CT molecular complexity index is 468. The highest BCUT2D eigenvalue weighted by molar-refractivity contribution is 7.93. The molecule has 1 heterocycles. The van der Waals surface area contributed by atoms with E-state index < -0.39 is 15.3 Å². The molecule has 0 aliphatic heterocycles. The highest BCUT2D eigenvalue weighted by Crippen LogP contribution is 2.20. The molecule has 2 atom stereocenters. The monoisotopic (exact) mass is 292 g/mol. The van der Waals surface area contributed by atoms with Crippen LogP contribution in [0, 0.1) is 0 Å². The Hall–Kier alpha value is -0.500. The zero-order chi connectivity index (χ0) is 13.1. The van der Waals surface area contributed by atoms with E-state index in [4.69, 9.17) is 18.0 Å². The van der Waals surface area contributed by atoms with Gasteiger partial charge in [-0.3, -0.25) is 0 Å². The van der Waals surface area contributed by atoms with Crippen LogP contribution in [0.4, 0.5) is 0 Å². The number of thiocarbonyl (C=S) groups is 1. The van der Waals surface area contributed by atoms with Crippen molar-refractivity contribution in [2.24, 2.45) is 5.73 Å². The molecule has 96 valence electrons. The van der Waals surface area contributed by atoms with Crippen LogP contribution in [0.15, 0.2) is 17.5 Å². The molecule has 0 radical (unpaired) electrons. The smallest absolute Gasteiger partial charge is 0.221 e. The molecule has 0 aromatic carbocycles. The van der Waals surface area contributed by atoms with E-state index in [1.165, 1.54) is 11.3 Å². The van der Waals surface area contributed by atoms with Gasteiger partial charge in [0.15, 0.2) is 0 Å². The van der Waals surface area contributed by atoms with Crippen molar-refractivity contribution in [2.75, 3.05) is 0 Å². The maximum atomic E-state index is 12.0. The normalized spacial score (nSPS) is 15.4. The summed E-state index contributed by atoms with van der Waals surface area (Å²) in [6, 6.07) is 3.51. The lowest BCUT2D eigenvalue weighted by atomic mass is 10.3. The van der Waals surface area contributed by atoms with Crippen molar-refractivity contribution in [1.29, 1.82) is 0 Å². The van der Waals surface area contributed by atoms with Crippen LogP contribution in [0.2, 0.25) is 0 Å². The summed E-state index contributed by atoms with van der Waals surface area (Å²) in [7, 11) is -3.51. The first-order chi connectivity index (χ1) is 7.88. The minimum Gasteiger partial charge on any atom is -0.392 e. The van der Waals surface area contributed by atoms with Gasteiger partial charge in [0.05, 0.1) is 11.0 Å². The number of hydrogen-bond acceptors (Lipinski definition) is 4. The number of sulfonamides is 1. The fourth-order valence-corrected chi connectivity index (χ4v) is 4.38. The molecule has 1 aromatic heterocycles. The molecular weight excluding hydrogens is 276 g/mol. The Morgan fingerprint density at radius 1 is 1.65 bits per heavy atom. The average molecular weight is 292 g/mol. The zero-order valence-electron chi connectivity index (χ0n) is 9.71. The molecule has 4 nitrogen and oxygen atoms in total. The van der Waals surface area contributed by atoms with Crippen LogP contribution < -0.4 is 10.5 Å². The summed E-state index contributed by atoms with van der Waals surface area (Å²) in [5, 5.41) is 1.10. The van der Waals surface area contributed by atoms with Crippen molar-refractivity contribution in [3.05, 3.63) is 22.4 Å². The number of hydrogen-bond donors (Lipinski definition) is 2. The second kappa shape index (κ2) is 5.90. The molecule has 1 rings (SSSR count). The fourth-order valence-electron chi connectivity index (χ4n) is 1.50. The third kappa shape index (κ3) is 3.74. The van der Waals surface area contributed by atoms with Gasteiger partial charge in [0.2, 0.25) is 10.0 Å². The Balaban J connectivity index is 2.83. The van der Waals surface area contributed by atoms with Crippen LogP contribution in [0.1, 0.15) is 31.2 Å². The summed E-state index contributed by atoms with van der Waals surface area (Å²) in [4.78, 5) is 0.977. The largest absolute Gasteiger partial charge is 0.392 e. The van der Waals surface area contributed by atoms with E-state index in [1.54, 1.807) is 13.8 Å². The topological polar surface area (TPSA) is 72.2 Å². The van der Waals surface area contributed by atoms with Gasteiger partial charge in [0.25, 0.3) is 0 Å². The van der Waals surface area contributed by atoms with Crippen molar-refractivity contribution in [3.63, 3.8) is 0 Å². The van der Waals surface area contributed by atoms with Crippen molar-refractivity contribution in [1.82, 2.24) is 4.72 Å². The van der Waals surface area contributed by atoms with Crippen molar-refractivity contribution < 1.29 is 8.42 Å². The third-order valence-corrected chi connectivity index (χ3v) is 5.88. The van der Waals surface area contributed by atoms with E-state index in [1.807, 2.05) is 17.5 Å². The predicted octanol–water partition coefficient (Wildman–Crippen LogP) is 1.79. The molecule has 17 heavy (non-hydrogen) atoms. The van der Waals surface area contributed by atoms with Gasteiger partial charge in [0, 0.05) is 4.88 Å². The van der Waals surface area contributed by atoms with Crippen molar-refractivity contribution >= 4 is 38.6 Å². The molecule has 1 aromatic rings. The Morgan fingerprint density at radius 3 is 2.71 bits per heavy atom. The quantitative estimate of drug-likeness (QED) is 0.784. The Labute approximate surface area is 111 Å². The molecule has 0 spiro atoms. The van der Waals surface area contributed by atoms with Gasteiger partial charge in [-0.1, -0.05) is 25.2 Å². The molecule has 2 unspecified atom stereocenters. The van der Waals surface area contributed by atoms with Crippen molar-refractivity contribution in [3.8, 4) is 0 Å². The standard InChI is InChI=1S/C10H16N2O2S3/c1-3-9(10(11)15)17(13,14)12-7(2)8-5-4-6-16-8/h4-7,9,12H,3H2,1-2H3,(H2,11,15). The summed E-state index contributed by atoms with van der Waals surface area (Å²) in [5.74, 6) is 0. The summed E-state index contributed by atoms with van der Waals surface area (Å²) < 4.78 is 26.7. The minimum atomic E-state index is -3.51. The van der Waals surface area contributed by atoms with Gasteiger partial charge < -0.3 is 5.73 Å². The third-order valence-electron chi connectivity index (χ3n) is 2.37. The molecular formula is C10H16N2O2S3. The lowest BCUT2D eigenvalue weighted by Gasteiger charge is -2.18. The highest BCUT2D eigenvalue weighted by atomic mass is 32.2. The highest BCUT2D eigenvalue weighted by Gasteiger charge is 2.28. The zero-order valence-corrected chi connectivity index (χ0v) is 12.2. The SMILES string of the molecule is CCC(C(N)=S)S(=O)(=O)NC(C)c1cccs1. The molecule has 3 N–H and O–H groups in total. The van der Waals surface area contributed by atoms with Gasteiger partial charge in [-0.15, -0.1) is 11.3 Å². The number of nitrogens with one attached hydrogen (secondary N) is 1. The lowest BCUT2D eigenvalue weighted by Crippen LogP contribution is -2.42. The van der Waals surface area contributed by atoms with Gasteiger partial charge >= 0.3 is 0 Å². The molecule has 0 fully saturated rings. The Morgan fingerprint density at radius 2 is 2.29 bits per heavy atom. The number of rotatable bonds is 6. The second-order valence-electron chi connectivity index (χ2n) is 3.70. The van der Waals surface area contributed by atoms with Crippen LogP contribution >= 0.6 is 23.6 Å². The van der Waals surface area contributed by atoms with Gasteiger partial charge in [-0.25, -0.2) is 13.1 Å². The molecule has 7 heteroatoms. The van der Waals surface area contributed by atoms with Crippen LogP contribution in [0.5, 0.6) is 0 Å². The number of thiophene rings is 1. The van der Waals surface area contributed by atoms with E-state index in [9.17, 15) is 8.42 Å². The van der Waals surface area contributed by atoms with E-state index >= 15 is 0 Å². The van der Waals surface area contributed by atoms with E-state index in [-0.39, 0.29) is 11.0 Å². The lowest BCUT2D eigenvalue weighted by molar-refractivity contribution is 0.561. The van der Waals surface area contributed by atoms with Crippen LogP contribution in [-0.2, 0) is 10.0 Å². The Kier molecular flexibility index (Phi) is 5.05. The average Bonchev–Trinajstić information content (AvgIpc) is 2.68. The van der Waals surface area contributed by atoms with E-state index in [0.29, 0.717) is 6.42 Å². The van der Waals surface area contributed by atoms with Gasteiger partial charge in [0.1, 0.15) is 5.25 Å². The summed E-state index contributed by atoms with van der Waals surface area (Å²) >= 11 is 6.29. The first-order valence-corrected chi connectivity index (χ1v) is 8.05. The first kappa shape index (κ1) is 14.6. The minimum absolute atomic E-state index is 0.0124. The van der Waals surface area contributed by atoms with Gasteiger partial charge in [-0.05, 0) is 24.8 Å². The van der Waals surface area contributed by atoms with Crippen LogP contribution in [0.25, 0.3) is 0 Å². The van der Waals surface area contributed by atoms with E-state index in [2.05, 4.69) is 4.72 Å². The first-order valence-electron chi connectivity index (χ1n) is 5.22. The predicted molar refractivity (Wildman–Crippen MR) is 75.7 cm³/mol. The summed E-state index contributed by atoms with van der Waals surface area (Å²) in [6.07, 6.45) is 0.377. The summed E-state index contributed by atoms with van der Waals surface area (Å²) in [6.45, 7) is 3.55. The fraction of sp³-hybridized carbons (Fsp3) is 0.500.